The van der Waals surface area contributed by atoms with Gasteiger partial charge in [-0.05, 0) is 0 Å². The van der Waals surface area contributed by atoms with Gasteiger partial charge >= 0.3 is 22.7 Å². The van der Waals surface area contributed by atoms with Gasteiger partial charge in [0, 0.05) is 0 Å². The summed E-state index contributed by atoms with van der Waals surface area (Å²) in [5.74, 6) is 0. The van der Waals surface area contributed by atoms with Crippen molar-refractivity contribution in [1.29, 1.82) is 0 Å². The Bertz CT molecular complexity index is 128. The molecule has 0 bridgehead atoms. The maximum atomic E-state index is 10.3. The van der Waals surface area contributed by atoms with Gasteiger partial charge in [-0.25, -0.2) is 0 Å². The van der Waals surface area contributed by atoms with Crippen molar-refractivity contribution in [3.8, 4) is 0 Å². The molecule has 9 heavy (non-hydrogen) atoms. The highest BCUT2D eigenvalue weighted by atomic mass is 32.3. The molecule has 0 radical (unpaired) electrons. The summed E-state index contributed by atoms with van der Waals surface area (Å²) in [6, 6.07) is 0. The van der Waals surface area contributed by atoms with Crippen LogP contribution in [0.2, 0.25) is 0 Å². The van der Waals surface area contributed by atoms with E-state index in [1.165, 1.54) is 0 Å². The highest BCUT2D eigenvalue weighted by Gasteiger charge is 2.13. The van der Waals surface area contributed by atoms with Crippen LogP contribution in [0.1, 0.15) is 0 Å². The molecule has 0 amide bonds. The van der Waals surface area contributed by atoms with Gasteiger partial charge in [-0.3, -0.25) is 8.37 Å². The molecule has 0 unspecified atom stereocenters. The zero-order valence-corrected chi connectivity index (χ0v) is 5.90. The van der Waals surface area contributed by atoms with E-state index in [4.69, 9.17) is 0 Å². The van der Waals surface area contributed by atoms with Gasteiger partial charge in [-0.2, -0.15) is 8.42 Å². The summed E-state index contributed by atoms with van der Waals surface area (Å²) >= 11 is -3.83. The molecule has 0 saturated carbocycles. The van der Waals surface area contributed by atoms with Crippen LogP contribution in [-0.4, -0.2) is 21.6 Å². The van der Waals surface area contributed by atoms with Crippen LogP contribution in [-0.2, 0) is 34.7 Å². The summed E-state index contributed by atoms with van der Waals surface area (Å²) in [5, 5.41) is 0. The van der Waals surface area contributed by atoms with E-state index < -0.39 is 22.7 Å². The molecule has 1 rings (SSSR count). The second kappa shape index (κ2) is 3.37. The quantitative estimate of drug-likeness (QED) is 0.479. The monoisotopic (exact) mass is 172 g/mol. The van der Waals surface area contributed by atoms with Gasteiger partial charge in [-0.1, -0.05) is 0 Å². The molecule has 1 aliphatic heterocycles. The molecule has 1 fully saturated rings. The maximum absolute atomic E-state index is 10.3. The molecule has 0 aliphatic carbocycles. The summed E-state index contributed by atoms with van der Waals surface area (Å²) < 4.78 is 33.5. The Labute approximate surface area is 57.0 Å². The van der Waals surface area contributed by atoms with E-state index in [9.17, 15) is 8.42 Å². The normalized spacial score (nSPS) is 37.8. The second-order valence-electron chi connectivity index (χ2n) is 1.12. The van der Waals surface area contributed by atoms with Crippen LogP contribution in [0.5, 0.6) is 0 Å². The topological polar surface area (TPSA) is 61.8 Å². The molecular weight excluding hydrogens is 168 g/mol. The van der Waals surface area contributed by atoms with Crippen LogP contribution in [0.25, 0.3) is 0 Å². The molecule has 0 aromatic rings. The predicted octanol–water partition coefficient (Wildman–Crippen LogP) is -0.793. The van der Waals surface area contributed by atoms with Crippen molar-refractivity contribution in [2.24, 2.45) is 0 Å². The molecule has 54 valence electrons. The van der Waals surface area contributed by atoms with Gasteiger partial charge < -0.3 is 0 Å². The molecule has 0 N–H and O–H groups in total. The predicted molar refractivity (Wildman–Crippen MR) is 29.3 cm³/mol. The largest absolute Gasteiger partial charge is 0.320 e. The fraction of sp³-hybridized carbons (Fsp3) is 1.00. The van der Waals surface area contributed by atoms with Crippen molar-refractivity contribution >= 4 is 22.7 Å². The zero-order chi connectivity index (χ0) is 6.69. The molecule has 0 aromatic carbocycles. The highest BCUT2D eigenvalue weighted by molar-refractivity contribution is 7.88. The number of hydrogen-bond donors (Lipinski definition) is 0. The van der Waals surface area contributed by atoms with Crippen molar-refractivity contribution in [1.82, 2.24) is 0 Å². The highest BCUT2D eigenvalue weighted by Crippen LogP contribution is 2.00. The van der Waals surface area contributed by atoms with Crippen LogP contribution in [0.15, 0.2) is 0 Å². The SMILES string of the molecule is O=S1OCCOS(=O)O1. The first kappa shape index (κ1) is 7.29. The van der Waals surface area contributed by atoms with E-state index in [-0.39, 0.29) is 13.2 Å². The Morgan fingerprint density at radius 1 is 1.00 bits per heavy atom. The Morgan fingerprint density at radius 3 is 1.89 bits per heavy atom. The van der Waals surface area contributed by atoms with E-state index in [1.807, 2.05) is 0 Å². The lowest BCUT2D eigenvalue weighted by Gasteiger charge is -1.89. The molecule has 1 heterocycles. The van der Waals surface area contributed by atoms with Crippen LogP contribution >= 0.6 is 0 Å². The van der Waals surface area contributed by atoms with Gasteiger partial charge in [0.2, 0.25) is 0 Å². The first-order valence-corrected chi connectivity index (χ1v) is 4.08. The van der Waals surface area contributed by atoms with Crippen molar-refractivity contribution in [3.05, 3.63) is 0 Å². The van der Waals surface area contributed by atoms with E-state index >= 15 is 0 Å². The number of hydrogen-bond acceptors (Lipinski definition) is 5. The van der Waals surface area contributed by atoms with E-state index in [2.05, 4.69) is 12.0 Å². The van der Waals surface area contributed by atoms with Gasteiger partial charge in [0.05, 0.1) is 13.2 Å². The lowest BCUT2D eigenvalue weighted by atomic mass is 10.8. The molecule has 1 saturated heterocycles. The van der Waals surface area contributed by atoms with Crippen molar-refractivity contribution in [2.45, 2.75) is 0 Å². The Balaban J connectivity index is 2.47. The van der Waals surface area contributed by atoms with Gasteiger partial charge in [0.25, 0.3) is 0 Å². The third kappa shape index (κ3) is 2.50. The zero-order valence-electron chi connectivity index (χ0n) is 4.27. The minimum Gasteiger partial charge on any atom is -0.265 e. The Kier molecular flexibility index (Phi) is 2.73. The average molecular weight is 172 g/mol. The van der Waals surface area contributed by atoms with Crippen LogP contribution in [0, 0.1) is 0 Å². The molecule has 0 atom stereocenters. The molecule has 0 aromatic heterocycles. The van der Waals surface area contributed by atoms with Gasteiger partial charge in [0.15, 0.2) is 0 Å². The minimum absolute atomic E-state index is 0.137. The molecule has 0 spiro atoms. The fourth-order valence-electron chi connectivity index (χ4n) is 0.289. The lowest BCUT2D eigenvalue weighted by Crippen LogP contribution is -1.99. The molecular formula is C2H4O5S2. The standard InChI is InChI=1S/C2H4O5S2/c3-8-5-1-2-6-9(4)7-8/h1-2H2. The van der Waals surface area contributed by atoms with Crippen LogP contribution in [0.4, 0.5) is 0 Å². The van der Waals surface area contributed by atoms with Gasteiger partial charge in [0.1, 0.15) is 0 Å². The molecule has 1 aliphatic rings. The molecule has 5 nitrogen and oxygen atoms in total. The van der Waals surface area contributed by atoms with E-state index in [0.717, 1.165) is 0 Å². The second-order valence-corrected chi connectivity index (χ2v) is 2.95. The van der Waals surface area contributed by atoms with Gasteiger partial charge in [-0.15, -0.1) is 3.63 Å². The third-order valence-corrected chi connectivity index (χ3v) is 2.16. The first-order valence-electron chi connectivity index (χ1n) is 2.08. The summed E-state index contributed by atoms with van der Waals surface area (Å²) in [5.41, 5.74) is 0. The average Bonchev–Trinajstić information content (AvgIpc) is 1.93. The maximum Gasteiger partial charge on any atom is 0.320 e. The van der Waals surface area contributed by atoms with Crippen molar-refractivity contribution in [3.63, 3.8) is 0 Å². The number of rotatable bonds is 0. The Morgan fingerprint density at radius 2 is 1.44 bits per heavy atom. The van der Waals surface area contributed by atoms with Crippen LogP contribution in [0.3, 0.4) is 0 Å². The smallest absolute Gasteiger partial charge is 0.265 e. The van der Waals surface area contributed by atoms with E-state index in [0.29, 0.717) is 0 Å². The molecule has 7 heteroatoms. The minimum atomic E-state index is -1.91. The van der Waals surface area contributed by atoms with E-state index in [1.54, 1.807) is 0 Å². The van der Waals surface area contributed by atoms with Crippen LogP contribution < -0.4 is 0 Å². The summed E-state index contributed by atoms with van der Waals surface area (Å²) in [4.78, 5) is 0. The summed E-state index contributed by atoms with van der Waals surface area (Å²) in [6.07, 6.45) is 0. The first-order chi connectivity index (χ1) is 4.29. The third-order valence-electron chi connectivity index (χ3n) is 0.554. The Hall–Kier alpha value is 0.180. The lowest BCUT2D eigenvalue weighted by molar-refractivity contribution is 0.255. The fourth-order valence-corrected chi connectivity index (χ4v) is 1.37. The summed E-state index contributed by atoms with van der Waals surface area (Å²) in [7, 11) is 0. The summed E-state index contributed by atoms with van der Waals surface area (Å²) in [6.45, 7) is 0.275. The van der Waals surface area contributed by atoms with Crippen molar-refractivity contribution in [2.75, 3.05) is 13.2 Å². The van der Waals surface area contributed by atoms with Crippen molar-refractivity contribution < 1.29 is 20.4 Å².